The van der Waals surface area contributed by atoms with Crippen LogP contribution in [0.1, 0.15) is 44.4 Å². The summed E-state index contributed by atoms with van der Waals surface area (Å²) in [4.78, 5) is 0. The van der Waals surface area contributed by atoms with Gasteiger partial charge in [0.2, 0.25) is 0 Å². The first-order chi connectivity index (χ1) is 8.69. The van der Waals surface area contributed by atoms with Crippen molar-refractivity contribution in [2.24, 2.45) is 5.92 Å². The monoisotopic (exact) mass is 249 g/mol. The first-order valence-corrected chi connectivity index (χ1v) is 7.00. The van der Waals surface area contributed by atoms with Crippen molar-refractivity contribution in [3.63, 3.8) is 0 Å². The molecule has 1 atom stereocenters. The molecule has 0 aliphatic rings. The third kappa shape index (κ3) is 4.79. The molecule has 0 aromatic heterocycles. The number of rotatable bonds is 8. The molecule has 0 amide bonds. The molecule has 0 aliphatic heterocycles. The van der Waals surface area contributed by atoms with Crippen LogP contribution in [0, 0.1) is 5.92 Å². The van der Waals surface area contributed by atoms with E-state index in [1.165, 1.54) is 17.5 Å². The minimum Gasteiger partial charge on any atom is -0.384 e. The number of hydrogen-bond acceptors (Lipinski definition) is 2. The van der Waals surface area contributed by atoms with E-state index in [4.69, 9.17) is 4.74 Å². The molecule has 0 spiro atoms. The Morgan fingerprint density at radius 1 is 1.17 bits per heavy atom. The molecule has 2 nitrogen and oxygen atoms in total. The van der Waals surface area contributed by atoms with Gasteiger partial charge in [-0.2, -0.15) is 0 Å². The smallest absolute Gasteiger partial charge is 0.0502 e. The van der Waals surface area contributed by atoms with E-state index in [0.29, 0.717) is 12.0 Å². The van der Waals surface area contributed by atoms with Crippen LogP contribution in [-0.4, -0.2) is 20.3 Å². The fourth-order valence-corrected chi connectivity index (χ4v) is 2.15. The first kappa shape index (κ1) is 15.2. The number of hydrogen-bond donors (Lipinski definition) is 1. The summed E-state index contributed by atoms with van der Waals surface area (Å²) < 4.78 is 5.10. The molecule has 0 fully saturated rings. The number of methoxy groups -OCH3 is 1. The molecular weight excluding hydrogens is 222 g/mol. The molecule has 0 heterocycles. The van der Waals surface area contributed by atoms with Crippen LogP contribution < -0.4 is 5.32 Å². The molecule has 1 rings (SSSR count). The maximum atomic E-state index is 5.10. The van der Waals surface area contributed by atoms with Crippen molar-refractivity contribution in [2.75, 3.05) is 20.3 Å². The fraction of sp³-hybridized carbons (Fsp3) is 0.625. The van der Waals surface area contributed by atoms with Crippen LogP contribution in [0.5, 0.6) is 0 Å². The van der Waals surface area contributed by atoms with Gasteiger partial charge in [0.15, 0.2) is 0 Å². The van der Waals surface area contributed by atoms with Crippen molar-refractivity contribution in [3.05, 3.63) is 35.4 Å². The van der Waals surface area contributed by atoms with E-state index in [2.05, 4.69) is 50.4 Å². The maximum Gasteiger partial charge on any atom is 0.0502 e. The minimum atomic E-state index is 0.460. The third-order valence-electron chi connectivity index (χ3n) is 3.21. The summed E-state index contributed by atoms with van der Waals surface area (Å²) in [5.74, 6) is 0.612. The van der Waals surface area contributed by atoms with Crippen LogP contribution in [-0.2, 0) is 11.2 Å². The summed E-state index contributed by atoms with van der Waals surface area (Å²) in [6.45, 7) is 8.62. The highest BCUT2D eigenvalue weighted by molar-refractivity contribution is 5.25. The van der Waals surface area contributed by atoms with Gasteiger partial charge in [0.25, 0.3) is 0 Å². The normalized spacial score (nSPS) is 12.9. The van der Waals surface area contributed by atoms with Gasteiger partial charge in [-0.25, -0.2) is 0 Å². The largest absolute Gasteiger partial charge is 0.384 e. The zero-order chi connectivity index (χ0) is 13.4. The Kier molecular flexibility index (Phi) is 6.99. The Bertz CT molecular complexity index is 318. The van der Waals surface area contributed by atoms with E-state index in [1.54, 1.807) is 7.11 Å². The van der Waals surface area contributed by atoms with Crippen LogP contribution in [0.4, 0.5) is 0 Å². The van der Waals surface area contributed by atoms with Gasteiger partial charge >= 0.3 is 0 Å². The van der Waals surface area contributed by atoms with E-state index < -0.39 is 0 Å². The molecule has 0 aliphatic carbocycles. The van der Waals surface area contributed by atoms with Crippen molar-refractivity contribution in [3.8, 4) is 0 Å². The molecule has 0 radical (unpaired) electrons. The van der Waals surface area contributed by atoms with Crippen LogP contribution in [0.15, 0.2) is 24.3 Å². The lowest BCUT2D eigenvalue weighted by molar-refractivity contribution is 0.202. The predicted molar refractivity (Wildman–Crippen MR) is 77.9 cm³/mol. The van der Waals surface area contributed by atoms with Gasteiger partial charge in [0.1, 0.15) is 0 Å². The van der Waals surface area contributed by atoms with Gasteiger partial charge in [-0.3, -0.25) is 0 Å². The lowest BCUT2D eigenvalue weighted by Crippen LogP contribution is -2.26. The zero-order valence-corrected chi connectivity index (χ0v) is 12.2. The second-order valence-electron chi connectivity index (χ2n) is 5.16. The summed E-state index contributed by atoms with van der Waals surface area (Å²) in [7, 11) is 1.75. The topological polar surface area (TPSA) is 21.3 Å². The predicted octanol–water partition coefficient (Wildman–Crippen LogP) is 3.57. The summed E-state index contributed by atoms with van der Waals surface area (Å²) in [5, 5.41) is 3.62. The van der Waals surface area contributed by atoms with Gasteiger partial charge in [0, 0.05) is 13.2 Å². The second kappa shape index (κ2) is 8.28. The highest BCUT2D eigenvalue weighted by Crippen LogP contribution is 2.22. The Morgan fingerprint density at radius 3 is 2.33 bits per heavy atom. The first-order valence-electron chi connectivity index (χ1n) is 7.00. The third-order valence-corrected chi connectivity index (χ3v) is 3.21. The number of ether oxygens (including phenoxy) is 1. The fourth-order valence-electron chi connectivity index (χ4n) is 2.15. The summed E-state index contributed by atoms with van der Waals surface area (Å²) >= 11 is 0. The van der Waals surface area contributed by atoms with E-state index in [-0.39, 0.29) is 0 Å². The average Bonchev–Trinajstić information content (AvgIpc) is 2.38. The lowest BCUT2D eigenvalue weighted by atomic mass is 9.95. The van der Waals surface area contributed by atoms with Gasteiger partial charge in [0.05, 0.1) is 6.61 Å². The molecule has 2 heteroatoms. The van der Waals surface area contributed by atoms with E-state index >= 15 is 0 Å². The summed E-state index contributed by atoms with van der Waals surface area (Å²) in [6, 6.07) is 9.40. The minimum absolute atomic E-state index is 0.460. The van der Waals surface area contributed by atoms with Crippen LogP contribution in [0.3, 0.4) is 0 Å². The quantitative estimate of drug-likeness (QED) is 0.760. The Labute approximate surface area is 112 Å². The maximum absolute atomic E-state index is 5.10. The highest BCUT2D eigenvalue weighted by atomic mass is 16.5. The standard InChI is InChI=1S/C16H27NO/c1-5-11-17-16(13(2)3)15-8-6-14(7-9-15)10-12-18-4/h6-9,13,16-17H,5,10-12H2,1-4H3. The van der Waals surface area contributed by atoms with Gasteiger partial charge < -0.3 is 10.1 Å². The number of benzene rings is 1. The number of nitrogens with one attached hydrogen (secondary N) is 1. The molecule has 18 heavy (non-hydrogen) atoms. The molecule has 1 aromatic carbocycles. The summed E-state index contributed by atoms with van der Waals surface area (Å²) in [5.41, 5.74) is 2.73. The van der Waals surface area contributed by atoms with Gasteiger partial charge in [-0.05, 0) is 36.4 Å². The highest BCUT2D eigenvalue weighted by Gasteiger charge is 2.14. The van der Waals surface area contributed by atoms with Crippen molar-refractivity contribution < 1.29 is 4.74 Å². The van der Waals surface area contributed by atoms with Crippen molar-refractivity contribution in [1.29, 1.82) is 0 Å². The van der Waals surface area contributed by atoms with E-state index in [0.717, 1.165) is 19.6 Å². The Morgan fingerprint density at radius 2 is 1.83 bits per heavy atom. The van der Waals surface area contributed by atoms with E-state index in [1.807, 2.05) is 0 Å². The Balaban J connectivity index is 2.67. The van der Waals surface area contributed by atoms with Crippen molar-refractivity contribution in [1.82, 2.24) is 5.32 Å². The Hall–Kier alpha value is -0.860. The van der Waals surface area contributed by atoms with Crippen molar-refractivity contribution >= 4 is 0 Å². The molecule has 102 valence electrons. The SMILES string of the molecule is CCCNC(c1ccc(CCOC)cc1)C(C)C. The van der Waals surface area contributed by atoms with Crippen molar-refractivity contribution in [2.45, 2.75) is 39.7 Å². The van der Waals surface area contributed by atoms with E-state index in [9.17, 15) is 0 Å². The molecule has 0 bridgehead atoms. The molecule has 1 N–H and O–H groups in total. The van der Waals surface area contributed by atoms with Crippen LogP contribution in [0.2, 0.25) is 0 Å². The van der Waals surface area contributed by atoms with Crippen LogP contribution >= 0.6 is 0 Å². The molecule has 0 saturated heterocycles. The van der Waals surface area contributed by atoms with Gasteiger partial charge in [-0.15, -0.1) is 0 Å². The molecular formula is C16H27NO. The average molecular weight is 249 g/mol. The second-order valence-corrected chi connectivity index (χ2v) is 5.16. The van der Waals surface area contributed by atoms with Crippen LogP contribution in [0.25, 0.3) is 0 Å². The lowest BCUT2D eigenvalue weighted by Gasteiger charge is -2.23. The molecule has 1 aromatic rings. The summed E-state index contributed by atoms with van der Waals surface area (Å²) in [6.07, 6.45) is 2.17. The van der Waals surface area contributed by atoms with Gasteiger partial charge in [-0.1, -0.05) is 45.0 Å². The zero-order valence-electron chi connectivity index (χ0n) is 12.2. The molecule has 0 saturated carbocycles. The molecule has 1 unspecified atom stereocenters.